The third-order valence-electron chi connectivity index (χ3n) is 1.11. The van der Waals surface area contributed by atoms with Crippen molar-refractivity contribution >= 4 is 6.21 Å². The van der Waals surface area contributed by atoms with Crippen molar-refractivity contribution in [2.75, 3.05) is 7.11 Å². The Labute approximate surface area is 54.6 Å². The molecule has 3 heteroatoms. The Morgan fingerprint density at radius 1 is 1.78 bits per heavy atom. The first-order valence-corrected chi connectivity index (χ1v) is 2.79. The topological polar surface area (TPSA) is 24.8 Å². The lowest BCUT2D eigenvalue weighted by atomic mass is 10.5. The molecule has 1 unspecified atom stereocenters. The highest BCUT2D eigenvalue weighted by molar-refractivity contribution is 5.70. The van der Waals surface area contributed by atoms with Crippen molar-refractivity contribution in [3.63, 3.8) is 0 Å². The van der Waals surface area contributed by atoms with Gasteiger partial charge in [-0.25, -0.2) is 5.06 Å². The lowest BCUT2D eigenvalue weighted by molar-refractivity contribution is -0.122. The van der Waals surface area contributed by atoms with E-state index in [1.165, 1.54) is 0 Å². The molecule has 1 atom stereocenters. The fourth-order valence-corrected chi connectivity index (χ4v) is 0.648. The van der Waals surface area contributed by atoms with Crippen LogP contribution in [0, 0.1) is 6.20 Å². The smallest absolute Gasteiger partial charge is 0.143 e. The molecule has 1 radical (unpaired) electrons. The molecular formula is C6H9N2O. The van der Waals surface area contributed by atoms with Crippen LogP contribution in [0.3, 0.4) is 0 Å². The van der Waals surface area contributed by atoms with Gasteiger partial charge < -0.3 is 0 Å². The number of aliphatic imine (C=N–C) groups is 1. The van der Waals surface area contributed by atoms with E-state index < -0.39 is 0 Å². The molecule has 0 amide bonds. The summed E-state index contributed by atoms with van der Waals surface area (Å²) in [5.41, 5.74) is 0. The first kappa shape index (κ1) is 6.29. The predicted octanol–water partition coefficient (Wildman–Crippen LogP) is 0.597. The van der Waals surface area contributed by atoms with Gasteiger partial charge in [-0.1, -0.05) is 0 Å². The summed E-state index contributed by atoms with van der Waals surface area (Å²) in [4.78, 5) is 8.92. The van der Waals surface area contributed by atoms with Crippen LogP contribution >= 0.6 is 0 Å². The molecule has 1 aliphatic rings. The second-order valence-electron chi connectivity index (χ2n) is 1.73. The summed E-state index contributed by atoms with van der Waals surface area (Å²) in [5, 5.41) is 1.56. The van der Waals surface area contributed by atoms with E-state index in [4.69, 9.17) is 4.84 Å². The van der Waals surface area contributed by atoms with Crippen molar-refractivity contribution in [1.29, 1.82) is 0 Å². The Balaban J connectivity index is 2.55. The highest BCUT2D eigenvalue weighted by atomic mass is 16.7. The number of hydroxylamine groups is 2. The van der Waals surface area contributed by atoms with Crippen LogP contribution in [0.15, 0.2) is 11.1 Å². The normalized spacial score (nSPS) is 25.1. The Hall–Kier alpha value is -0.830. The van der Waals surface area contributed by atoms with Crippen LogP contribution in [0.5, 0.6) is 0 Å². The van der Waals surface area contributed by atoms with Crippen LogP contribution in [0.25, 0.3) is 0 Å². The zero-order valence-corrected chi connectivity index (χ0v) is 5.53. The third-order valence-corrected chi connectivity index (χ3v) is 1.11. The number of rotatable bonds is 1. The second-order valence-corrected chi connectivity index (χ2v) is 1.73. The van der Waals surface area contributed by atoms with Crippen molar-refractivity contribution in [3.8, 4) is 0 Å². The molecule has 1 heterocycles. The highest BCUT2D eigenvalue weighted by Gasteiger charge is 2.07. The maximum absolute atomic E-state index is 4.88. The molecule has 9 heavy (non-hydrogen) atoms. The van der Waals surface area contributed by atoms with E-state index in [-0.39, 0.29) is 6.17 Å². The van der Waals surface area contributed by atoms with Crippen LogP contribution in [-0.2, 0) is 4.84 Å². The van der Waals surface area contributed by atoms with Gasteiger partial charge in [-0.2, -0.15) is 0 Å². The van der Waals surface area contributed by atoms with Crippen molar-refractivity contribution in [2.24, 2.45) is 4.99 Å². The predicted molar refractivity (Wildman–Crippen MR) is 34.6 cm³/mol. The Bertz CT molecular complexity index is 142. The number of hydrogen-bond donors (Lipinski definition) is 0. The van der Waals surface area contributed by atoms with E-state index in [1.54, 1.807) is 24.5 Å². The van der Waals surface area contributed by atoms with Gasteiger partial charge in [0.15, 0.2) is 0 Å². The van der Waals surface area contributed by atoms with E-state index >= 15 is 0 Å². The fraction of sp³-hybridized carbons (Fsp3) is 0.500. The standard InChI is InChI=1S/C6H9N2O/c1-6-7-4-3-5-8(6)9-2/h3-4,6H,1-2H3. The minimum atomic E-state index is 0.0556. The van der Waals surface area contributed by atoms with E-state index in [0.29, 0.717) is 0 Å². The summed E-state index contributed by atoms with van der Waals surface area (Å²) in [6.45, 7) is 1.93. The summed E-state index contributed by atoms with van der Waals surface area (Å²) < 4.78 is 0. The van der Waals surface area contributed by atoms with Crippen LogP contribution in [0.1, 0.15) is 6.92 Å². The van der Waals surface area contributed by atoms with Crippen LogP contribution < -0.4 is 0 Å². The number of hydrogen-bond acceptors (Lipinski definition) is 3. The molecule has 0 saturated heterocycles. The van der Waals surface area contributed by atoms with Crippen molar-refractivity contribution in [2.45, 2.75) is 13.1 Å². The molecular weight excluding hydrogens is 116 g/mol. The molecule has 0 N–H and O–H groups in total. The molecule has 1 aliphatic heterocycles. The molecule has 0 spiro atoms. The van der Waals surface area contributed by atoms with Crippen LogP contribution in [-0.4, -0.2) is 24.6 Å². The molecule has 3 nitrogen and oxygen atoms in total. The van der Waals surface area contributed by atoms with Crippen molar-refractivity contribution < 1.29 is 4.84 Å². The molecule has 0 saturated carbocycles. The van der Waals surface area contributed by atoms with Gasteiger partial charge in [0, 0.05) is 6.21 Å². The minimum Gasteiger partial charge on any atom is -0.275 e. The zero-order valence-electron chi connectivity index (χ0n) is 5.53. The molecule has 0 aliphatic carbocycles. The maximum atomic E-state index is 4.88. The molecule has 0 fully saturated rings. The van der Waals surface area contributed by atoms with E-state index in [2.05, 4.69) is 11.2 Å². The van der Waals surface area contributed by atoms with Gasteiger partial charge in [0.25, 0.3) is 0 Å². The molecule has 0 aromatic rings. The van der Waals surface area contributed by atoms with E-state index in [1.807, 2.05) is 6.92 Å². The van der Waals surface area contributed by atoms with Crippen LogP contribution in [0.2, 0.25) is 0 Å². The summed E-state index contributed by atoms with van der Waals surface area (Å²) in [6, 6.07) is 0. The maximum Gasteiger partial charge on any atom is 0.143 e. The average Bonchev–Trinajstić information content (AvgIpc) is 1.89. The molecule has 49 valence electrons. The third kappa shape index (κ3) is 1.29. The molecule has 0 bridgehead atoms. The molecule has 1 rings (SSSR count). The van der Waals surface area contributed by atoms with Gasteiger partial charge in [-0.05, 0) is 13.0 Å². The fourth-order valence-electron chi connectivity index (χ4n) is 0.648. The lowest BCUT2D eigenvalue weighted by Gasteiger charge is -2.22. The van der Waals surface area contributed by atoms with Crippen molar-refractivity contribution in [3.05, 3.63) is 12.3 Å². The van der Waals surface area contributed by atoms with Gasteiger partial charge in [0.1, 0.15) is 6.17 Å². The Kier molecular flexibility index (Phi) is 1.85. The summed E-state index contributed by atoms with van der Waals surface area (Å²) in [7, 11) is 1.60. The van der Waals surface area contributed by atoms with Gasteiger partial charge in [0.05, 0.1) is 13.3 Å². The largest absolute Gasteiger partial charge is 0.275 e. The van der Waals surface area contributed by atoms with Crippen LogP contribution in [0.4, 0.5) is 0 Å². The Morgan fingerprint density at radius 3 is 3.00 bits per heavy atom. The monoisotopic (exact) mass is 125 g/mol. The lowest BCUT2D eigenvalue weighted by Crippen LogP contribution is -2.27. The van der Waals surface area contributed by atoms with Gasteiger partial charge in [-0.3, -0.25) is 9.83 Å². The first-order valence-electron chi connectivity index (χ1n) is 2.79. The van der Waals surface area contributed by atoms with Gasteiger partial charge in [-0.15, -0.1) is 0 Å². The summed E-state index contributed by atoms with van der Waals surface area (Å²) in [6.07, 6.45) is 6.33. The first-order chi connectivity index (χ1) is 4.34. The summed E-state index contributed by atoms with van der Waals surface area (Å²) >= 11 is 0. The van der Waals surface area contributed by atoms with E-state index in [0.717, 1.165) is 0 Å². The van der Waals surface area contributed by atoms with Crippen molar-refractivity contribution in [1.82, 2.24) is 5.06 Å². The SMILES string of the molecule is CON1[C]=CC=NC1C. The minimum absolute atomic E-state index is 0.0556. The Morgan fingerprint density at radius 2 is 2.56 bits per heavy atom. The van der Waals surface area contributed by atoms with E-state index in [9.17, 15) is 0 Å². The number of nitrogens with zero attached hydrogens (tertiary/aromatic N) is 2. The highest BCUT2D eigenvalue weighted by Crippen LogP contribution is 2.02. The molecule has 0 aromatic carbocycles. The van der Waals surface area contributed by atoms with Gasteiger partial charge >= 0.3 is 0 Å². The quantitative estimate of drug-likeness (QED) is 0.512. The average molecular weight is 125 g/mol. The summed E-state index contributed by atoms with van der Waals surface area (Å²) in [5.74, 6) is 0. The van der Waals surface area contributed by atoms with Gasteiger partial charge in [0.2, 0.25) is 0 Å². The molecule has 0 aromatic heterocycles. The number of allylic oxidation sites excluding steroid dienone is 1. The second kappa shape index (κ2) is 2.64. The zero-order chi connectivity index (χ0) is 6.69.